The van der Waals surface area contributed by atoms with E-state index in [1.165, 1.54) is 6.33 Å². The Morgan fingerprint density at radius 3 is 2.88 bits per heavy atom. The fraction of sp³-hybridized carbons (Fsp3) is 0.444. The molecular weight excluding hydrogens is 228 g/mol. The third-order valence-corrected chi connectivity index (χ3v) is 2.30. The number of thiol groups is 1. The number of aromatic amines is 1. The van der Waals surface area contributed by atoms with Gasteiger partial charge in [-0.3, -0.25) is 9.59 Å². The summed E-state index contributed by atoms with van der Waals surface area (Å²) >= 11 is 3.73. The van der Waals surface area contributed by atoms with Crippen LogP contribution in [0.25, 0.3) is 0 Å². The lowest BCUT2D eigenvalue weighted by Crippen LogP contribution is -2.41. The average molecular weight is 242 g/mol. The first kappa shape index (κ1) is 12.7. The molecule has 1 heterocycles. The van der Waals surface area contributed by atoms with E-state index in [4.69, 9.17) is 5.73 Å². The van der Waals surface area contributed by atoms with Crippen molar-refractivity contribution in [1.29, 1.82) is 0 Å². The maximum absolute atomic E-state index is 11.3. The molecule has 0 saturated carbocycles. The zero-order valence-electron chi connectivity index (χ0n) is 8.64. The largest absolute Gasteiger partial charge is 0.348 e. The molecule has 16 heavy (non-hydrogen) atoms. The Bertz CT molecular complexity index is 352. The normalized spacial score (nSPS) is 12.1. The molecule has 0 saturated heterocycles. The van der Waals surface area contributed by atoms with Crippen LogP contribution in [0.1, 0.15) is 12.1 Å². The van der Waals surface area contributed by atoms with Gasteiger partial charge in [0.05, 0.1) is 6.33 Å². The third-order valence-electron chi connectivity index (χ3n) is 1.98. The van der Waals surface area contributed by atoms with Crippen molar-refractivity contribution in [3.63, 3.8) is 0 Å². The van der Waals surface area contributed by atoms with Crippen molar-refractivity contribution in [2.45, 2.75) is 18.9 Å². The van der Waals surface area contributed by atoms with Crippen molar-refractivity contribution in [2.24, 2.45) is 5.73 Å². The van der Waals surface area contributed by atoms with Gasteiger partial charge in [-0.1, -0.05) is 0 Å². The Kier molecular flexibility index (Phi) is 5.00. The van der Waals surface area contributed by atoms with E-state index >= 15 is 0 Å². The first-order chi connectivity index (χ1) is 7.63. The number of imidazole rings is 1. The summed E-state index contributed by atoms with van der Waals surface area (Å²) < 4.78 is 0. The molecular formula is C9H14N4O2S. The minimum atomic E-state index is -0.650. The number of nitrogens with zero attached hydrogens (tertiary/aromatic N) is 1. The summed E-state index contributed by atoms with van der Waals surface area (Å²) in [7, 11) is 0. The second-order valence-corrected chi connectivity index (χ2v) is 3.72. The van der Waals surface area contributed by atoms with Crippen molar-refractivity contribution in [3.05, 3.63) is 18.2 Å². The van der Waals surface area contributed by atoms with Crippen LogP contribution in [0.3, 0.4) is 0 Å². The van der Waals surface area contributed by atoms with Gasteiger partial charge in [0, 0.05) is 31.3 Å². The van der Waals surface area contributed by atoms with E-state index in [9.17, 15) is 9.59 Å². The SMILES string of the molecule is NCCC(=O)NC(Cc1cnc[nH]1)C(=O)S. The first-order valence-electron chi connectivity index (χ1n) is 4.83. The van der Waals surface area contributed by atoms with E-state index in [2.05, 4.69) is 27.9 Å². The molecule has 0 fully saturated rings. The Morgan fingerprint density at radius 2 is 2.38 bits per heavy atom. The number of H-pyrrole nitrogens is 1. The molecule has 88 valence electrons. The molecule has 1 rings (SSSR count). The smallest absolute Gasteiger partial charge is 0.221 e. The zero-order chi connectivity index (χ0) is 12.0. The van der Waals surface area contributed by atoms with Gasteiger partial charge in [-0.05, 0) is 0 Å². The number of nitrogens with one attached hydrogen (secondary N) is 2. The number of rotatable bonds is 6. The number of nitrogens with two attached hydrogens (primary N) is 1. The van der Waals surface area contributed by atoms with E-state index in [1.54, 1.807) is 6.20 Å². The van der Waals surface area contributed by atoms with Crippen molar-refractivity contribution >= 4 is 23.7 Å². The van der Waals surface area contributed by atoms with Crippen LogP contribution in [0.4, 0.5) is 0 Å². The molecule has 0 spiro atoms. The number of hydrogen-bond donors (Lipinski definition) is 4. The van der Waals surface area contributed by atoms with E-state index in [0.29, 0.717) is 6.42 Å². The second kappa shape index (κ2) is 6.29. The Labute approximate surface area is 98.4 Å². The predicted molar refractivity (Wildman–Crippen MR) is 61.9 cm³/mol. The molecule has 7 heteroatoms. The summed E-state index contributed by atoms with van der Waals surface area (Å²) in [6.07, 6.45) is 3.65. The monoisotopic (exact) mass is 242 g/mol. The molecule has 0 aliphatic rings. The van der Waals surface area contributed by atoms with Crippen LogP contribution in [0.5, 0.6) is 0 Å². The van der Waals surface area contributed by atoms with Gasteiger partial charge < -0.3 is 16.0 Å². The highest BCUT2D eigenvalue weighted by atomic mass is 32.1. The highest BCUT2D eigenvalue weighted by Gasteiger charge is 2.18. The third kappa shape index (κ3) is 4.03. The number of aromatic nitrogens is 2. The quantitative estimate of drug-likeness (QED) is 0.493. The molecule has 1 amide bonds. The van der Waals surface area contributed by atoms with E-state index in [1.807, 2.05) is 0 Å². The van der Waals surface area contributed by atoms with Crippen LogP contribution in [0.2, 0.25) is 0 Å². The Morgan fingerprint density at radius 1 is 1.62 bits per heavy atom. The predicted octanol–water partition coefficient (Wildman–Crippen LogP) is -0.758. The molecule has 0 aromatic carbocycles. The van der Waals surface area contributed by atoms with Crippen LogP contribution in [-0.2, 0) is 16.0 Å². The van der Waals surface area contributed by atoms with Gasteiger partial charge >= 0.3 is 0 Å². The van der Waals surface area contributed by atoms with Gasteiger partial charge in [0.2, 0.25) is 11.0 Å². The molecule has 4 N–H and O–H groups in total. The van der Waals surface area contributed by atoms with Crippen molar-refractivity contribution in [1.82, 2.24) is 15.3 Å². The molecule has 1 unspecified atom stereocenters. The van der Waals surface area contributed by atoms with Crippen molar-refractivity contribution in [3.8, 4) is 0 Å². The molecule has 0 aliphatic heterocycles. The maximum Gasteiger partial charge on any atom is 0.221 e. The molecule has 0 radical (unpaired) electrons. The number of amides is 1. The average Bonchev–Trinajstić information content (AvgIpc) is 2.69. The number of hydrogen-bond acceptors (Lipinski definition) is 4. The standard InChI is InChI=1S/C9H14N4O2S/c10-2-1-8(14)13-7(9(15)16)3-6-4-11-5-12-6/h4-5,7H,1-3,10H2,(H,11,12)(H,13,14)(H,15,16). The second-order valence-electron chi connectivity index (χ2n) is 3.28. The summed E-state index contributed by atoms with van der Waals surface area (Å²) in [6.45, 7) is 0.253. The Hall–Kier alpha value is -1.34. The van der Waals surface area contributed by atoms with Crippen LogP contribution in [0.15, 0.2) is 12.5 Å². The van der Waals surface area contributed by atoms with Crippen LogP contribution in [0, 0.1) is 0 Å². The highest BCUT2D eigenvalue weighted by molar-refractivity contribution is 7.96. The van der Waals surface area contributed by atoms with Gasteiger partial charge in [-0.2, -0.15) is 0 Å². The molecule has 0 aliphatic carbocycles. The summed E-state index contributed by atoms with van der Waals surface area (Å²) in [5, 5.41) is 2.17. The van der Waals surface area contributed by atoms with Gasteiger partial charge in [0.1, 0.15) is 6.04 Å². The van der Waals surface area contributed by atoms with E-state index in [0.717, 1.165) is 5.69 Å². The fourth-order valence-electron chi connectivity index (χ4n) is 1.21. The Balaban J connectivity index is 2.54. The van der Waals surface area contributed by atoms with Gasteiger partial charge in [-0.15, -0.1) is 12.6 Å². The molecule has 1 atom stereocenters. The molecule has 1 aromatic heterocycles. The van der Waals surface area contributed by atoms with Gasteiger partial charge in [-0.25, -0.2) is 4.98 Å². The number of carbonyl (C=O) groups excluding carboxylic acids is 2. The molecule has 6 nitrogen and oxygen atoms in total. The van der Waals surface area contributed by atoms with Crippen molar-refractivity contribution in [2.75, 3.05) is 6.54 Å². The van der Waals surface area contributed by atoms with E-state index < -0.39 is 6.04 Å². The fourth-order valence-corrected chi connectivity index (χ4v) is 1.37. The summed E-state index contributed by atoms with van der Waals surface area (Å²) in [5.74, 6) is -0.255. The summed E-state index contributed by atoms with van der Waals surface area (Å²) in [4.78, 5) is 29.2. The number of carbonyl (C=O) groups is 2. The minimum absolute atomic E-state index is 0.195. The van der Waals surface area contributed by atoms with Crippen LogP contribution < -0.4 is 11.1 Å². The van der Waals surface area contributed by atoms with Gasteiger partial charge in [0.25, 0.3) is 0 Å². The summed E-state index contributed by atoms with van der Waals surface area (Å²) in [6, 6.07) is -0.650. The van der Waals surface area contributed by atoms with Crippen LogP contribution in [-0.4, -0.2) is 33.6 Å². The van der Waals surface area contributed by atoms with E-state index in [-0.39, 0.29) is 24.0 Å². The van der Waals surface area contributed by atoms with Gasteiger partial charge in [0.15, 0.2) is 0 Å². The van der Waals surface area contributed by atoms with Crippen LogP contribution >= 0.6 is 12.6 Å². The lowest BCUT2D eigenvalue weighted by molar-refractivity contribution is -0.124. The molecule has 1 aromatic rings. The lowest BCUT2D eigenvalue weighted by Gasteiger charge is -2.13. The summed E-state index contributed by atoms with van der Waals surface area (Å²) in [5.41, 5.74) is 6.00. The minimum Gasteiger partial charge on any atom is -0.348 e. The molecule has 0 bridgehead atoms. The maximum atomic E-state index is 11.3. The topological polar surface area (TPSA) is 101 Å². The highest BCUT2D eigenvalue weighted by Crippen LogP contribution is 2.02. The zero-order valence-corrected chi connectivity index (χ0v) is 9.54. The first-order valence-corrected chi connectivity index (χ1v) is 5.27. The lowest BCUT2D eigenvalue weighted by atomic mass is 10.2. The van der Waals surface area contributed by atoms with Crippen molar-refractivity contribution < 1.29 is 9.59 Å².